The Morgan fingerprint density at radius 2 is 1.61 bits per heavy atom. The molecule has 3 aromatic rings. The van der Waals surface area contributed by atoms with Crippen molar-refractivity contribution in [3.05, 3.63) is 84.1 Å². The highest BCUT2D eigenvalue weighted by molar-refractivity contribution is 6.05. The minimum Gasteiger partial charge on any atom is -0.341 e. The van der Waals surface area contributed by atoms with E-state index in [2.05, 4.69) is 45.2 Å². The van der Waals surface area contributed by atoms with E-state index in [1.54, 1.807) is 24.2 Å². The summed E-state index contributed by atoms with van der Waals surface area (Å²) in [5.74, 6) is 1.82. The SMILES string of the molecule is CN(C(=O)c1ccccc1)c1ccnc(N2CCC(c3ccccc3)CC2)n1. The van der Waals surface area contributed by atoms with Gasteiger partial charge in [0.1, 0.15) is 5.82 Å². The predicted octanol–water partition coefficient (Wildman–Crippen LogP) is 4.14. The fraction of sp³-hybridized carbons (Fsp3) is 0.261. The molecule has 0 N–H and O–H groups in total. The zero-order valence-corrected chi connectivity index (χ0v) is 16.0. The van der Waals surface area contributed by atoms with Crippen LogP contribution in [0.2, 0.25) is 0 Å². The van der Waals surface area contributed by atoms with E-state index in [4.69, 9.17) is 0 Å². The van der Waals surface area contributed by atoms with Gasteiger partial charge in [-0.3, -0.25) is 9.69 Å². The molecule has 5 nitrogen and oxygen atoms in total. The minimum atomic E-state index is -0.0759. The van der Waals surface area contributed by atoms with Crippen LogP contribution >= 0.6 is 0 Å². The molecule has 0 saturated carbocycles. The van der Waals surface area contributed by atoms with Crippen molar-refractivity contribution in [2.24, 2.45) is 0 Å². The molecule has 2 heterocycles. The first-order valence-corrected chi connectivity index (χ1v) is 9.68. The number of nitrogens with zero attached hydrogens (tertiary/aromatic N) is 4. The number of piperidine rings is 1. The van der Waals surface area contributed by atoms with Gasteiger partial charge in [0.25, 0.3) is 5.91 Å². The molecule has 0 unspecified atom stereocenters. The Balaban J connectivity index is 1.45. The third-order valence-corrected chi connectivity index (χ3v) is 5.35. The van der Waals surface area contributed by atoms with Crippen LogP contribution in [0.15, 0.2) is 72.9 Å². The normalized spacial score (nSPS) is 14.7. The van der Waals surface area contributed by atoms with Gasteiger partial charge in [0.05, 0.1) is 0 Å². The third kappa shape index (κ3) is 3.88. The lowest BCUT2D eigenvalue weighted by molar-refractivity contribution is 0.0992. The summed E-state index contributed by atoms with van der Waals surface area (Å²) in [4.78, 5) is 25.6. The van der Waals surface area contributed by atoms with Gasteiger partial charge in [-0.1, -0.05) is 48.5 Å². The van der Waals surface area contributed by atoms with E-state index in [-0.39, 0.29) is 5.91 Å². The molecule has 1 fully saturated rings. The summed E-state index contributed by atoms with van der Waals surface area (Å²) in [7, 11) is 1.75. The quantitative estimate of drug-likeness (QED) is 0.691. The Morgan fingerprint density at radius 1 is 0.964 bits per heavy atom. The lowest BCUT2D eigenvalue weighted by Gasteiger charge is -2.32. The first-order valence-electron chi connectivity index (χ1n) is 9.68. The second-order valence-corrected chi connectivity index (χ2v) is 7.12. The monoisotopic (exact) mass is 372 g/mol. The minimum absolute atomic E-state index is 0.0759. The van der Waals surface area contributed by atoms with Crippen molar-refractivity contribution in [2.75, 3.05) is 29.9 Å². The van der Waals surface area contributed by atoms with Crippen LogP contribution in [-0.4, -0.2) is 36.0 Å². The van der Waals surface area contributed by atoms with E-state index in [0.717, 1.165) is 25.9 Å². The number of carbonyl (C=O) groups excluding carboxylic acids is 1. The maximum absolute atomic E-state index is 12.7. The van der Waals surface area contributed by atoms with Gasteiger partial charge in [-0.2, -0.15) is 4.98 Å². The summed E-state index contributed by atoms with van der Waals surface area (Å²) in [6.45, 7) is 1.83. The molecule has 0 spiro atoms. The highest BCUT2D eigenvalue weighted by Gasteiger charge is 2.23. The molecular formula is C23H24N4O. The fourth-order valence-corrected chi connectivity index (χ4v) is 3.69. The van der Waals surface area contributed by atoms with Crippen molar-refractivity contribution in [1.29, 1.82) is 0 Å². The maximum Gasteiger partial charge on any atom is 0.259 e. The average molecular weight is 372 g/mol. The van der Waals surface area contributed by atoms with Gasteiger partial charge in [0, 0.05) is 31.9 Å². The van der Waals surface area contributed by atoms with E-state index in [1.165, 1.54) is 5.56 Å². The zero-order chi connectivity index (χ0) is 19.3. The average Bonchev–Trinajstić information content (AvgIpc) is 2.79. The van der Waals surface area contributed by atoms with Crippen LogP contribution in [0, 0.1) is 0 Å². The lowest BCUT2D eigenvalue weighted by atomic mass is 9.90. The van der Waals surface area contributed by atoms with Crippen LogP contribution in [0.5, 0.6) is 0 Å². The Bertz CT molecular complexity index is 922. The smallest absolute Gasteiger partial charge is 0.259 e. The van der Waals surface area contributed by atoms with Crippen LogP contribution in [0.3, 0.4) is 0 Å². The first kappa shape index (κ1) is 18.2. The van der Waals surface area contributed by atoms with Crippen LogP contribution in [0.4, 0.5) is 11.8 Å². The number of rotatable bonds is 4. The van der Waals surface area contributed by atoms with Crippen molar-refractivity contribution < 1.29 is 4.79 Å². The molecule has 1 aliphatic heterocycles. The number of anilines is 2. The third-order valence-electron chi connectivity index (χ3n) is 5.35. The summed E-state index contributed by atoms with van der Waals surface area (Å²) < 4.78 is 0. The fourth-order valence-electron chi connectivity index (χ4n) is 3.69. The number of aromatic nitrogens is 2. The number of amides is 1. The molecule has 142 valence electrons. The number of hydrogen-bond donors (Lipinski definition) is 0. The Labute approximate surface area is 165 Å². The maximum atomic E-state index is 12.7. The Morgan fingerprint density at radius 3 is 2.29 bits per heavy atom. The molecule has 2 aromatic carbocycles. The molecule has 1 saturated heterocycles. The van der Waals surface area contributed by atoms with Crippen molar-refractivity contribution in [3.63, 3.8) is 0 Å². The van der Waals surface area contributed by atoms with E-state index in [9.17, 15) is 4.79 Å². The summed E-state index contributed by atoms with van der Waals surface area (Å²) in [5, 5.41) is 0. The van der Waals surface area contributed by atoms with Crippen molar-refractivity contribution in [1.82, 2.24) is 9.97 Å². The topological polar surface area (TPSA) is 49.3 Å². The van der Waals surface area contributed by atoms with Crippen LogP contribution < -0.4 is 9.80 Å². The lowest BCUT2D eigenvalue weighted by Crippen LogP contribution is -2.35. The van der Waals surface area contributed by atoms with Crippen molar-refractivity contribution in [2.45, 2.75) is 18.8 Å². The molecule has 1 amide bonds. The molecule has 0 atom stereocenters. The molecule has 0 radical (unpaired) electrons. The molecule has 28 heavy (non-hydrogen) atoms. The van der Waals surface area contributed by atoms with E-state index < -0.39 is 0 Å². The van der Waals surface area contributed by atoms with Crippen LogP contribution in [0.25, 0.3) is 0 Å². The standard InChI is InChI=1S/C23H24N4O/c1-26(22(28)20-10-6-3-7-11-20)21-12-15-24-23(25-21)27-16-13-19(14-17-27)18-8-4-2-5-9-18/h2-12,15,19H,13-14,16-17H2,1H3. The predicted molar refractivity (Wildman–Crippen MR) is 112 cm³/mol. The van der Waals surface area contributed by atoms with Crippen molar-refractivity contribution in [3.8, 4) is 0 Å². The number of carbonyl (C=O) groups is 1. The van der Waals surface area contributed by atoms with Gasteiger partial charge in [-0.15, -0.1) is 0 Å². The highest BCUT2D eigenvalue weighted by Crippen LogP contribution is 2.29. The summed E-state index contributed by atoms with van der Waals surface area (Å²) in [5.41, 5.74) is 2.05. The molecule has 4 rings (SSSR count). The van der Waals surface area contributed by atoms with Gasteiger partial charge in [-0.25, -0.2) is 4.98 Å². The van der Waals surface area contributed by atoms with Crippen molar-refractivity contribution >= 4 is 17.7 Å². The number of benzene rings is 2. The second-order valence-electron chi connectivity index (χ2n) is 7.12. The van der Waals surface area contributed by atoms with Crippen LogP contribution in [0.1, 0.15) is 34.7 Å². The Kier molecular flexibility index (Phi) is 5.33. The number of hydrogen-bond acceptors (Lipinski definition) is 4. The summed E-state index contributed by atoms with van der Waals surface area (Å²) in [6, 6.07) is 21.7. The van der Waals surface area contributed by atoms with Gasteiger partial charge in [0.15, 0.2) is 0 Å². The second kappa shape index (κ2) is 8.21. The van der Waals surface area contributed by atoms with E-state index >= 15 is 0 Å². The molecular weight excluding hydrogens is 348 g/mol. The van der Waals surface area contributed by atoms with Gasteiger partial charge < -0.3 is 4.90 Å². The highest BCUT2D eigenvalue weighted by atomic mass is 16.2. The van der Waals surface area contributed by atoms with Crippen LogP contribution in [-0.2, 0) is 0 Å². The summed E-state index contributed by atoms with van der Waals surface area (Å²) >= 11 is 0. The molecule has 5 heteroatoms. The van der Waals surface area contributed by atoms with E-state index in [0.29, 0.717) is 23.2 Å². The zero-order valence-electron chi connectivity index (χ0n) is 16.0. The van der Waals surface area contributed by atoms with E-state index in [1.807, 2.05) is 30.3 Å². The van der Waals surface area contributed by atoms with Gasteiger partial charge in [0.2, 0.25) is 5.95 Å². The van der Waals surface area contributed by atoms with Gasteiger partial charge >= 0.3 is 0 Å². The summed E-state index contributed by atoms with van der Waals surface area (Å²) in [6.07, 6.45) is 3.89. The van der Waals surface area contributed by atoms with Gasteiger partial charge in [-0.05, 0) is 42.5 Å². The first-order chi connectivity index (χ1) is 13.7. The molecule has 1 aliphatic rings. The Hall–Kier alpha value is -3.21. The molecule has 1 aromatic heterocycles. The molecule has 0 aliphatic carbocycles. The largest absolute Gasteiger partial charge is 0.341 e. The molecule has 0 bridgehead atoms.